The average Bonchev–Trinajstić information content (AvgIpc) is 2.85. The zero-order valence-electron chi connectivity index (χ0n) is 11.0. The average molecular weight is 293 g/mol. The molecule has 0 radical (unpaired) electrons. The van der Waals surface area contributed by atoms with Crippen molar-refractivity contribution in [3.05, 3.63) is 36.7 Å². The van der Waals surface area contributed by atoms with Gasteiger partial charge < -0.3 is 15.5 Å². The van der Waals surface area contributed by atoms with Crippen molar-refractivity contribution in [2.45, 2.75) is 12.8 Å². The Bertz CT molecular complexity index is 547. The highest BCUT2D eigenvalue weighted by atomic mass is 32.1. The van der Waals surface area contributed by atoms with Crippen LogP contribution in [0.1, 0.15) is 12.8 Å². The van der Waals surface area contributed by atoms with Crippen LogP contribution in [-0.4, -0.2) is 24.1 Å². The van der Waals surface area contributed by atoms with E-state index in [4.69, 9.17) is 12.2 Å². The second kappa shape index (κ2) is 6.47. The third kappa shape index (κ3) is 3.33. The second-order valence-corrected chi connectivity index (χ2v) is 4.85. The van der Waals surface area contributed by atoms with Crippen LogP contribution in [0.5, 0.6) is 0 Å². The lowest BCUT2D eigenvalue weighted by Gasteiger charge is -2.18. The first-order chi connectivity index (χ1) is 9.61. The standard InChI is InChI=1S/C14H16FN3OS/c1-2-7-16-14(20)17-10-5-6-11(15)12(9-10)18-8-3-4-13(18)19/h2,5-6,9H,1,3-4,7-8H2,(H2,16,17,20). The molecule has 0 aromatic heterocycles. The minimum atomic E-state index is -0.407. The molecule has 0 bridgehead atoms. The van der Waals surface area contributed by atoms with E-state index in [9.17, 15) is 9.18 Å². The van der Waals surface area contributed by atoms with Crippen LogP contribution in [-0.2, 0) is 4.79 Å². The number of nitrogens with one attached hydrogen (secondary N) is 2. The molecule has 2 rings (SSSR count). The third-order valence-corrected chi connectivity index (χ3v) is 3.22. The molecule has 1 saturated heterocycles. The van der Waals surface area contributed by atoms with E-state index in [0.717, 1.165) is 6.42 Å². The van der Waals surface area contributed by atoms with Crippen molar-refractivity contribution in [1.82, 2.24) is 5.32 Å². The number of nitrogens with zero attached hydrogens (tertiary/aromatic N) is 1. The molecule has 1 aliphatic heterocycles. The molecule has 4 nitrogen and oxygen atoms in total. The normalized spacial score (nSPS) is 14.2. The lowest BCUT2D eigenvalue weighted by atomic mass is 10.2. The molecule has 0 aliphatic carbocycles. The highest BCUT2D eigenvalue weighted by molar-refractivity contribution is 7.80. The Labute approximate surface area is 122 Å². The molecule has 1 fully saturated rings. The monoisotopic (exact) mass is 293 g/mol. The number of hydrogen-bond donors (Lipinski definition) is 2. The van der Waals surface area contributed by atoms with E-state index in [2.05, 4.69) is 17.2 Å². The SMILES string of the molecule is C=CCNC(=S)Nc1ccc(F)c(N2CCCC2=O)c1. The number of thiocarbonyl (C=S) groups is 1. The maximum absolute atomic E-state index is 13.9. The highest BCUT2D eigenvalue weighted by Gasteiger charge is 2.24. The Kier molecular flexibility index (Phi) is 4.68. The minimum Gasteiger partial charge on any atom is -0.359 e. The van der Waals surface area contributed by atoms with Gasteiger partial charge >= 0.3 is 0 Å². The van der Waals surface area contributed by atoms with Gasteiger partial charge in [-0.3, -0.25) is 4.79 Å². The summed E-state index contributed by atoms with van der Waals surface area (Å²) >= 11 is 5.09. The van der Waals surface area contributed by atoms with Gasteiger partial charge in [-0.05, 0) is 36.8 Å². The second-order valence-electron chi connectivity index (χ2n) is 4.44. The Balaban J connectivity index is 2.14. The minimum absolute atomic E-state index is 0.0478. The fourth-order valence-corrected chi connectivity index (χ4v) is 2.24. The molecule has 1 amide bonds. The fourth-order valence-electron chi connectivity index (χ4n) is 2.04. The Hall–Kier alpha value is -1.95. The summed E-state index contributed by atoms with van der Waals surface area (Å²) in [5.41, 5.74) is 0.937. The molecule has 1 aliphatic rings. The Morgan fingerprint density at radius 3 is 3.00 bits per heavy atom. The molecular weight excluding hydrogens is 277 g/mol. The predicted molar refractivity (Wildman–Crippen MR) is 82.4 cm³/mol. The summed E-state index contributed by atoms with van der Waals surface area (Å²) in [6, 6.07) is 4.51. The molecule has 0 unspecified atom stereocenters. The third-order valence-electron chi connectivity index (χ3n) is 2.98. The van der Waals surface area contributed by atoms with E-state index in [1.54, 1.807) is 18.2 Å². The van der Waals surface area contributed by atoms with Crippen molar-refractivity contribution >= 4 is 34.6 Å². The molecule has 0 atom stereocenters. The molecule has 6 heteroatoms. The molecule has 0 saturated carbocycles. The summed E-state index contributed by atoms with van der Waals surface area (Å²) in [6.07, 6.45) is 2.92. The number of amides is 1. The Morgan fingerprint density at radius 2 is 2.35 bits per heavy atom. The van der Waals surface area contributed by atoms with E-state index in [1.807, 2.05) is 0 Å². The maximum atomic E-state index is 13.9. The smallest absolute Gasteiger partial charge is 0.227 e. The summed E-state index contributed by atoms with van der Waals surface area (Å²) in [5, 5.41) is 6.30. The van der Waals surface area contributed by atoms with Crippen LogP contribution in [0.2, 0.25) is 0 Å². The van der Waals surface area contributed by atoms with Gasteiger partial charge in [-0.2, -0.15) is 0 Å². The number of halogens is 1. The molecule has 1 heterocycles. The molecule has 20 heavy (non-hydrogen) atoms. The molecular formula is C14H16FN3OS. The molecule has 1 aromatic rings. The number of hydrogen-bond acceptors (Lipinski definition) is 2. The zero-order valence-corrected chi connectivity index (χ0v) is 11.8. The van der Waals surface area contributed by atoms with Gasteiger partial charge in [-0.25, -0.2) is 4.39 Å². The van der Waals surface area contributed by atoms with Crippen molar-refractivity contribution in [3.63, 3.8) is 0 Å². The van der Waals surface area contributed by atoms with Crippen molar-refractivity contribution in [1.29, 1.82) is 0 Å². The summed E-state index contributed by atoms with van der Waals surface area (Å²) in [5.74, 6) is -0.454. The van der Waals surface area contributed by atoms with Gasteiger partial charge in [0, 0.05) is 25.2 Å². The number of benzene rings is 1. The zero-order chi connectivity index (χ0) is 14.5. The summed E-state index contributed by atoms with van der Waals surface area (Å²) in [6.45, 7) is 4.68. The quantitative estimate of drug-likeness (QED) is 0.661. The van der Waals surface area contributed by atoms with Crippen LogP contribution in [0.15, 0.2) is 30.9 Å². The van der Waals surface area contributed by atoms with Crippen LogP contribution in [0, 0.1) is 5.82 Å². The van der Waals surface area contributed by atoms with E-state index in [-0.39, 0.29) is 5.91 Å². The van der Waals surface area contributed by atoms with E-state index in [0.29, 0.717) is 36.0 Å². The fraction of sp³-hybridized carbons (Fsp3) is 0.286. The number of carbonyl (C=O) groups excluding carboxylic acids is 1. The predicted octanol–water partition coefficient (Wildman–Crippen LogP) is 2.42. The van der Waals surface area contributed by atoms with Gasteiger partial charge in [0.1, 0.15) is 5.82 Å². The molecule has 1 aromatic carbocycles. The van der Waals surface area contributed by atoms with Gasteiger partial charge in [0.2, 0.25) is 5.91 Å². The van der Waals surface area contributed by atoms with Crippen LogP contribution < -0.4 is 15.5 Å². The molecule has 106 valence electrons. The highest BCUT2D eigenvalue weighted by Crippen LogP contribution is 2.27. The number of carbonyl (C=O) groups is 1. The van der Waals surface area contributed by atoms with Crippen molar-refractivity contribution in [2.75, 3.05) is 23.3 Å². The largest absolute Gasteiger partial charge is 0.359 e. The van der Waals surface area contributed by atoms with Gasteiger partial charge in [-0.15, -0.1) is 6.58 Å². The van der Waals surface area contributed by atoms with E-state index >= 15 is 0 Å². The first-order valence-corrected chi connectivity index (χ1v) is 6.78. The van der Waals surface area contributed by atoms with Crippen LogP contribution in [0.4, 0.5) is 15.8 Å². The van der Waals surface area contributed by atoms with Crippen LogP contribution >= 0.6 is 12.2 Å². The van der Waals surface area contributed by atoms with Crippen molar-refractivity contribution < 1.29 is 9.18 Å². The summed E-state index contributed by atoms with van der Waals surface area (Å²) < 4.78 is 13.9. The van der Waals surface area contributed by atoms with Gasteiger partial charge in [0.15, 0.2) is 5.11 Å². The first kappa shape index (κ1) is 14.5. The lowest BCUT2D eigenvalue weighted by molar-refractivity contribution is -0.117. The van der Waals surface area contributed by atoms with Gasteiger partial charge in [0.05, 0.1) is 5.69 Å². The van der Waals surface area contributed by atoms with Gasteiger partial charge in [0.25, 0.3) is 0 Å². The summed E-state index contributed by atoms with van der Waals surface area (Å²) in [4.78, 5) is 13.2. The van der Waals surface area contributed by atoms with Crippen LogP contribution in [0.3, 0.4) is 0 Å². The Morgan fingerprint density at radius 1 is 1.55 bits per heavy atom. The van der Waals surface area contributed by atoms with E-state index in [1.165, 1.54) is 11.0 Å². The maximum Gasteiger partial charge on any atom is 0.227 e. The van der Waals surface area contributed by atoms with Crippen LogP contribution in [0.25, 0.3) is 0 Å². The van der Waals surface area contributed by atoms with E-state index < -0.39 is 5.82 Å². The lowest BCUT2D eigenvalue weighted by Crippen LogP contribution is -2.29. The number of rotatable bonds is 4. The van der Waals surface area contributed by atoms with Crippen molar-refractivity contribution in [2.24, 2.45) is 0 Å². The first-order valence-electron chi connectivity index (χ1n) is 6.37. The number of anilines is 2. The molecule has 0 spiro atoms. The summed E-state index contributed by atoms with van der Waals surface area (Å²) in [7, 11) is 0. The molecule has 2 N–H and O–H groups in total. The van der Waals surface area contributed by atoms with Crippen molar-refractivity contribution in [3.8, 4) is 0 Å². The topological polar surface area (TPSA) is 44.4 Å². The van der Waals surface area contributed by atoms with Gasteiger partial charge in [-0.1, -0.05) is 6.08 Å².